The summed E-state index contributed by atoms with van der Waals surface area (Å²) in [6, 6.07) is 3.22. The van der Waals surface area contributed by atoms with Gasteiger partial charge in [0, 0.05) is 24.8 Å². The van der Waals surface area contributed by atoms with Gasteiger partial charge < -0.3 is 5.32 Å². The molecule has 1 saturated heterocycles. The predicted octanol–water partition coefficient (Wildman–Crippen LogP) is 3.28. The molecule has 2 fully saturated rings. The standard InChI is InChI=1S/C19H25N3OS/c23-19(21-24-15-10-22(11-15)14-7-8-14)20-18-16-5-1-3-12(16)9-13-4-2-6-17(13)18/h9,14-15H,1-8,10-11H2,(H2,20,21,23). The highest BCUT2D eigenvalue weighted by atomic mass is 32.2. The predicted molar refractivity (Wildman–Crippen MR) is 98.6 cm³/mol. The quantitative estimate of drug-likeness (QED) is 0.825. The fraction of sp³-hybridized carbons (Fsp3) is 0.632. The maximum atomic E-state index is 12.4. The van der Waals surface area contributed by atoms with E-state index >= 15 is 0 Å². The van der Waals surface area contributed by atoms with E-state index in [1.165, 1.54) is 60.8 Å². The number of anilines is 1. The highest BCUT2D eigenvalue weighted by Crippen LogP contribution is 2.38. The van der Waals surface area contributed by atoms with Crippen molar-refractivity contribution in [2.24, 2.45) is 0 Å². The van der Waals surface area contributed by atoms with Gasteiger partial charge in [0.1, 0.15) is 0 Å². The zero-order valence-electron chi connectivity index (χ0n) is 14.1. The fourth-order valence-electron chi connectivity index (χ4n) is 4.53. The van der Waals surface area contributed by atoms with Crippen molar-refractivity contribution in [1.29, 1.82) is 0 Å². The van der Waals surface area contributed by atoms with Gasteiger partial charge in [0.25, 0.3) is 0 Å². The van der Waals surface area contributed by atoms with Crippen LogP contribution in [0.15, 0.2) is 6.07 Å². The SMILES string of the molecule is O=C(NSC1CN(C2CC2)C1)Nc1c2c(cc3c1CCC3)CCC2. The van der Waals surface area contributed by atoms with E-state index in [4.69, 9.17) is 0 Å². The number of carbonyl (C=O) groups is 1. The van der Waals surface area contributed by atoms with Crippen molar-refractivity contribution >= 4 is 23.7 Å². The molecule has 2 N–H and O–H groups in total. The van der Waals surface area contributed by atoms with Crippen LogP contribution in [-0.2, 0) is 25.7 Å². The van der Waals surface area contributed by atoms with E-state index in [9.17, 15) is 4.79 Å². The molecule has 1 saturated carbocycles. The van der Waals surface area contributed by atoms with Crippen LogP contribution in [-0.4, -0.2) is 35.3 Å². The van der Waals surface area contributed by atoms with Crippen LogP contribution in [0.1, 0.15) is 47.9 Å². The van der Waals surface area contributed by atoms with Gasteiger partial charge in [0.15, 0.2) is 0 Å². The highest BCUT2D eigenvalue weighted by molar-refractivity contribution is 7.98. The zero-order valence-corrected chi connectivity index (χ0v) is 14.9. The van der Waals surface area contributed by atoms with E-state index in [0.29, 0.717) is 5.25 Å². The van der Waals surface area contributed by atoms with Crippen LogP contribution in [0.3, 0.4) is 0 Å². The second-order valence-corrected chi connectivity index (χ2v) is 8.82. The summed E-state index contributed by atoms with van der Waals surface area (Å²) in [5, 5.41) is 3.77. The van der Waals surface area contributed by atoms with Crippen molar-refractivity contribution in [3.8, 4) is 0 Å². The lowest BCUT2D eigenvalue weighted by molar-refractivity contribution is 0.180. The first-order valence-corrected chi connectivity index (χ1v) is 10.3. The summed E-state index contributed by atoms with van der Waals surface area (Å²) in [6.45, 7) is 2.26. The van der Waals surface area contributed by atoms with Gasteiger partial charge >= 0.3 is 6.03 Å². The molecule has 4 aliphatic rings. The van der Waals surface area contributed by atoms with E-state index in [-0.39, 0.29) is 6.03 Å². The molecule has 0 atom stereocenters. The van der Waals surface area contributed by atoms with E-state index in [0.717, 1.165) is 37.7 Å². The fourth-order valence-corrected chi connectivity index (χ4v) is 5.38. The summed E-state index contributed by atoms with van der Waals surface area (Å²) in [5.41, 5.74) is 6.89. The van der Waals surface area contributed by atoms with Gasteiger partial charge in [-0.15, -0.1) is 0 Å². The molecule has 1 heterocycles. The van der Waals surface area contributed by atoms with Crippen LogP contribution in [0, 0.1) is 0 Å². The van der Waals surface area contributed by atoms with Crippen molar-refractivity contribution in [1.82, 2.24) is 9.62 Å². The van der Waals surface area contributed by atoms with Gasteiger partial charge in [-0.05, 0) is 85.6 Å². The molecule has 0 spiro atoms. The number of aryl methyl sites for hydroxylation is 2. The Morgan fingerprint density at radius 3 is 2.33 bits per heavy atom. The first-order chi connectivity index (χ1) is 11.8. The van der Waals surface area contributed by atoms with Crippen molar-refractivity contribution in [2.75, 3.05) is 18.4 Å². The van der Waals surface area contributed by atoms with Crippen LogP contribution in [0.5, 0.6) is 0 Å². The lowest BCUT2D eigenvalue weighted by Crippen LogP contribution is -2.51. The van der Waals surface area contributed by atoms with Crippen molar-refractivity contribution < 1.29 is 4.79 Å². The molecule has 1 aromatic rings. The molecule has 0 bridgehead atoms. The molecule has 1 aromatic carbocycles. The Balaban J connectivity index is 1.22. The highest BCUT2D eigenvalue weighted by Gasteiger charge is 2.38. The van der Waals surface area contributed by atoms with Crippen LogP contribution < -0.4 is 10.0 Å². The topological polar surface area (TPSA) is 44.4 Å². The number of urea groups is 1. The van der Waals surface area contributed by atoms with E-state index in [1.807, 2.05) is 0 Å². The molecule has 5 heteroatoms. The van der Waals surface area contributed by atoms with Crippen molar-refractivity contribution in [3.63, 3.8) is 0 Å². The Bertz CT molecular complexity index is 647. The van der Waals surface area contributed by atoms with E-state index in [2.05, 4.69) is 21.0 Å². The molecular formula is C19H25N3OS. The molecule has 24 heavy (non-hydrogen) atoms. The molecule has 0 unspecified atom stereocenters. The average Bonchev–Trinajstić information content (AvgIpc) is 3.06. The Labute approximate surface area is 147 Å². The minimum absolute atomic E-state index is 0.0423. The number of nitrogens with zero attached hydrogens (tertiary/aromatic N) is 1. The number of benzene rings is 1. The van der Waals surface area contributed by atoms with Gasteiger partial charge in [-0.1, -0.05) is 6.07 Å². The second kappa shape index (κ2) is 5.95. The zero-order chi connectivity index (χ0) is 16.1. The maximum Gasteiger partial charge on any atom is 0.329 e. The van der Waals surface area contributed by atoms with Gasteiger partial charge in [-0.2, -0.15) is 0 Å². The molecule has 128 valence electrons. The maximum absolute atomic E-state index is 12.4. The number of amides is 2. The largest absolute Gasteiger partial charge is 0.329 e. The Morgan fingerprint density at radius 2 is 1.71 bits per heavy atom. The molecule has 4 nitrogen and oxygen atoms in total. The second-order valence-electron chi connectivity index (χ2n) is 7.72. The average molecular weight is 343 g/mol. The summed E-state index contributed by atoms with van der Waals surface area (Å²) in [4.78, 5) is 15.0. The number of nitrogens with one attached hydrogen (secondary N) is 2. The third kappa shape index (κ3) is 2.72. The van der Waals surface area contributed by atoms with Crippen molar-refractivity contribution in [3.05, 3.63) is 28.3 Å². The number of fused-ring (bicyclic) bond motifs is 2. The third-order valence-corrected chi connectivity index (χ3v) is 6.90. The molecule has 1 aliphatic heterocycles. The number of carbonyl (C=O) groups excluding carboxylic acids is 1. The van der Waals surface area contributed by atoms with Crippen LogP contribution in [0.4, 0.5) is 10.5 Å². The van der Waals surface area contributed by atoms with Crippen LogP contribution in [0.25, 0.3) is 0 Å². The number of hydrogen-bond acceptors (Lipinski definition) is 3. The normalized spacial score (nSPS) is 22.8. The Kier molecular flexibility index (Phi) is 3.74. The van der Waals surface area contributed by atoms with Crippen LogP contribution >= 0.6 is 11.9 Å². The first-order valence-electron chi connectivity index (χ1n) is 9.41. The number of hydrogen-bond donors (Lipinski definition) is 2. The summed E-state index contributed by atoms with van der Waals surface area (Å²) in [7, 11) is 0. The molecule has 0 aromatic heterocycles. The van der Waals surface area contributed by atoms with Crippen LogP contribution in [0.2, 0.25) is 0 Å². The summed E-state index contributed by atoms with van der Waals surface area (Å²) in [6.07, 6.45) is 9.77. The lowest BCUT2D eigenvalue weighted by atomic mass is 9.99. The number of likely N-dealkylation sites (tertiary alicyclic amines) is 1. The summed E-state index contributed by atoms with van der Waals surface area (Å²) < 4.78 is 3.04. The number of rotatable bonds is 4. The third-order valence-electron chi connectivity index (χ3n) is 5.97. The Hall–Kier alpha value is -1.20. The summed E-state index contributed by atoms with van der Waals surface area (Å²) >= 11 is 1.60. The van der Waals surface area contributed by atoms with Gasteiger partial charge in [0.2, 0.25) is 0 Å². The smallest absolute Gasteiger partial charge is 0.307 e. The molecule has 0 radical (unpaired) electrons. The monoisotopic (exact) mass is 343 g/mol. The minimum Gasteiger partial charge on any atom is -0.307 e. The van der Waals surface area contributed by atoms with Crippen molar-refractivity contribution in [2.45, 2.75) is 62.7 Å². The lowest BCUT2D eigenvalue weighted by Gasteiger charge is -2.38. The van der Waals surface area contributed by atoms with Gasteiger partial charge in [-0.25, -0.2) is 4.79 Å². The summed E-state index contributed by atoms with van der Waals surface area (Å²) in [5.74, 6) is 0. The molecular weight excluding hydrogens is 318 g/mol. The first kappa shape index (κ1) is 15.1. The van der Waals surface area contributed by atoms with Gasteiger partial charge in [0.05, 0.1) is 5.25 Å². The van der Waals surface area contributed by atoms with E-state index < -0.39 is 0 Å². The molecule has 2 amide bonds. The Morgan fingerprint density at radius 1 is 1.04 bits per heavy atom. The van der Waals surface area contributed by atoms with E-state index in [1.54, 1.807) is 11.9 Å². The molecule has 3 aliphatic carbocycles. The molecule has 5 rings (SSSR count). The minimum atomic E-state index is -0.0423. The van der Waals surface area contributed by atoms with Gasteiger partial charge in [-0.3, -0.25) is 9.62 Å².